The van der Waals surface area contributed by atoms with Crippen LogP contribution in [0.25, 0.3) is 0 Å². The number of benzene rings is 1. The molecule has 6 heteroatoms. The maximum absolute atomic E-state index is 12.6. The SMILES string of the molecule is O=C(O)[C@H]1Cc2ccccc2CN1C(=O)N1CCOCC1. The number of amides is 2. The second-order valence-corrected chi connectivity index (χ2v) is 5.34. The monoisotopic (exact) mass is 290 g/mol. The molecule has 1 atom stereocenters. The molecule has 2 aliphatic rings. The van der Waals surface area contributed by atoms with Crippen LogP contribution in [0.2, 0.25) is 0 Å². The highest BCUT2D eigenvalue weighted by molar-refractivity contribution is 5.83. The van der Waals surface area contributed by atoms with Crippen LogP contribution < -0.4 is 0 Å². The van der Waals surface area contributed by atoms with E-state index in [1.807, 2.05) is 24.3 Å². The molecule has 21 heavy (non-hydrogen) atoms. The second-order valence-electron chi connectivity index (χ2n) is 5.34. The van der Waals surface area contributed by atoms with Crippen LogP contribution in [0.3, 0.4) is 0 Å². The van der Waals surface area contributed by atoms with Gasteiger partial charge in [-0.3, -0.25) is 0 Å². The number of aliphatic carboxylic acids is 1. The zero-order valence-corrected chi connectivity index (χ0v) is 11.7. The van der Waals surface area contributed by atoms with Gasteiger partial charge in [-0.15, -0.1) is 0 Å². The lowest BCUT2D eigenvalue weighted by molar-refractivity contribution is -0.143. The molecule has 3 rings (SSSR count). The maximum Gasteiger partial charge on any atom is 0.326 e. The summed E-state index contributed by atoms with van der Waals surface area (Å²) in [5.74, 6) is -0.953. The predicted molar refractivity (Wildman–Crippen MR) is 74.9 cm³/mol. The number of urea groups is 1. The lowest BCUT2D eigenvalue weighted by atomic mass is 9.94. The van der Waals surface area contributed by atoms with E-state index >= 15 is 0 Å². The number of carboxylic acid groups (broad SMARTS) is 1. The number of morpholine rings is 1. The number of ether oxygens (including phenoxy) is 1. The number of rotatable bonds is 1. The molecule has 0 aliphatic carbocycles. The van der Waals surface area contributed by atoms with Gasteiger partial charge in [0, 0.05) is 26.1 Å². The van der Waals surface area contributed by atoms with Crippen molar-refractivity contribution in [2.24, 2.45) is 0 Å². The third kappa shape index (κ3) is 2.71. The van der Waals surface area contributed by atoms with Crippen molar-refractivity contribution in [2.45, 2.75) is 19.0 Å². The fourth-order valence-electron chi connectivity index (χ4n) is 2.88. The molecular formula is C15H18N2O4. The minimum atomic E-state index is -0.953. The standard InChI is InChI=1S/C15H18N2O4/c18-14(19)13-9-11-3-1-2-4-12(11)10-17(13)15(20)16-5-7-21-8-6-16/h1-4,13H,5-10H2,(H,18,19)/t13-/m1/s1. The van der Waals surface area contributed by atoms with Gasteiger partial charge in [-0.2, -0.15) is 0 Å². The van der Waals surface area contributed by atoms with Crippen LogP contribution in [0, 0.1) is 0 Å². The molecule has 2 aliphatic heterocycles. The fourth-order valence-corrected chi connectivity index (χ4v) is 2.88. The highest BCUT2D eigenvalue weighted by Crippen LogP contribution is 2.24. The summed E-state index contributed by atoms with van der Waals surface area (Å²) >= 11 is 0. The van der Waals surface area contributed by atoms with Crippen LogP contribution in [0.1, 0.15) is 11.1 Å². The van der Waals surface area contributed by atoms with Gasteiger partial charge >= 0.3 is 12.0 Å². The molecule has 0 radical (unpaired) electrons. The summed E-state index contributed by atoms with van der Waals surface area (Å²) < 4.78 is 5.24. The summed E-state index contributed by atoms with van der Waals surface area (Å²) in [6, 6.07) is 6.69. The minimum absolute atomic E-state index is 0.208. The van der Waals surface area contributed by atoms with Crippen LogP contribution in [-0.2, 0) is 22.5 Å². The van der Waals surface area contributed by atoms with Crippen molar-refractivity contribution < 1.29 is 19.4 Å². The van der Waals surface area contributed by atoms with Crippen LogP contribution in [0.4, 0.5) is 4.79 Å². The van der Waals surface area contributed by atoms with E-state index < -0.39 is 12.0 Å². The molecule has 0 unspecified atom stereocenters. The van der Waals surface area contributed by atoms with E-state index in [4.69, 9.17) is 4.74 Å². The summed E-state index contributed by atoms with van der Waals surface area (Å²) in [4.78, 5) is 27.3. The van der Waals surface area contributed by atoms with Gasteiger partial charge < -0.3 is 19.6 Å². The number of fused-ring (bicyclic) bond motifs is 1. The van der Waals surface area contributed by atoms with Gasteiger partial charge in [0.15, 0.2) is 0 Å². The van der Waals surface area contributed by atoms with Crippen LogP contribution >= 0.6 is 0 Å². The Morgan fingerprint density at radius 2 is 1.81 bits per heavy atom. The van der Waals surface area contributed by atoms with E-state index in [1.165, 1.54) is 4.90 Å². The summed E-state index contributed by atoms with van der Waals surface area (Å²) in [6.45, 7) is 2.40. The van der Waals surface area contributed by atoms with Gasteiger partial charge in [-0.05, 0) is 11.1 Å². The highest BCUT2D eigenvalue weighted by Gasteiger charge is 2.36. The van der Waals surface area contributed by atoms with E-state index in [0.717, 1.165) is 11.1 Å². The van der Waals surface area contributed by atoms with Crippen molar-refractivity contribution in [3.63, 3.8) is 0 Å². The average molecular weight is 290 g/mol. The molecule has 2 heterocycles. The van der Waals surface area contributed by atoms with Crippen LogP contribution in [0.15, 0.2) is 24.3 Å². The van der Waals surface area contributed by atoms with Gasteiger partial charge in [0.2, 0.25) is 0 Å². The number of hydrogen-bond donors (Lipinski definition) is 1. The maximum atomic E-state index is 12.6. The molecule has 0 saturated carbocycles. The summed E-state index contributed by atoms with van der Waals surface area (Å²) in [7, 11) is 0. The smallest absolute Gasteiger partial charge is 0.326 e. The first-order valence-corrected chi connectivity index (χ1v) is 7.09. The molecular weight excluding hydrogens is 272 g/mol. The van der Waals surface area contributed by atoms with Gasteiger partial charge in [0.1, 0.15) is 6.04 Å². The van der Waals surface area contributed by atoms with Crippen molar-refractivity contribution in [3.8, 4) is 0 Å². The molecule has 2 amide bonds. The molecule has 112 valence electrons. The molecule has 0 aromatic heterocycles. The quantitative estimate of drug-likeness (QED) is 0.836. The van der Waals surface area contributed by atoms with E-state index in [2.05, 4.69) is 0 Å². The second kappa shape index (κ2) is 5.73. The molecule has 1 aromatic rings. The van der Waals surface area contributed by atoms with Crippen molar-refractivity contribution >= 4 is 12.0 Å². The largest absolute Gasteiger partial charge is 0.480 e. The molecule has 0 spiro atoms. The van der Waals surface area contributed by atoms with E-state index in [1.54, 1.807) is 4.90 Å². The Labute approximate surface area is 122 Å². The highest BCUT2D eigenvalue weighted by atomic mass is 16.5. The predicted octanol–water partition coefficient (Wildman–Crippen LogP) is 0.950. The Hall–Kier alpha value is -2.08. The zero-order valence-electron chi connectivity index (χ0n) is 11.7. The summed E-state index contributed by atoms with van der Waals surface area (Å²) in [6.07, 6.45) is 0.363. The lowest BCUT2D eigenvalue weighted by Gasteiger charge is -2.38. The number of carbonyl (C=O) groups excluding carboxylic acids is 1. The molecule has 1 aromatic carbocycles. The average Bonchev–Trinajstić information content (AvgIpc) is 2.53. The summed E-state index contributed by atoms with van der Waals surface area (Å²) in [5.41, 5.74) is 2.03. The first-order valence-electron chi connectivity index (χ1n) is 7.09. The number of nitrogens with zero attached hydrogens (tertiary/aromatic N) is 2. The van der Waals surface area contributed by atoms with Crippen LogP contribution in [0.5, 0.6) is 0 Å². The van der Waals surface area contributed by atoms with Crippen LogP contribution in [-0.4, -0.2) is 59.3 Å². The van der Waals surface area contributed by atoms with Crippen molar-refractivity contribution in [1.82, 2.24) is 9.80 Å². The van der Waals surface area contributed by atoms with Crippen molar-refractivity contribution in [2.75, 3.05) is 26.3 Å². The van der Waals surface area contributed by atoms with Gasteiger partial charge in [-0.1, -0.05) is 24.3 Å². The van der Waals surface area contributed by atoms with E-state index in [0.29, 0.717) is 39.3 Å². The lowest BCUT2D eigenvalue weighted by Crippen LogP contribution is -2.55. The number of carbonyl (C=O) groups is 2. The molecule has 1 N–H and O–H groups in total. The Kier molecular flexibility index (Phi) is 3.79. The van der Waals surface area contributed by atoms with E-state index in [9.17, 15) is 14.7 Å². The molecule has 6 nitrogen and oxygen atoms in total. The first-order chi connectivity index (χ1) is 10.2. The first kappa shape index (κ1) is 13.9. The van der Waals surface area contributed by atoms with Crippen molar-refractivity contribution in [3.05, 3.63) is 35.4 Å². The van der Waals surface area contributed by atoms with Crippen molar-refractivity contribution in [1.29, 1.82) is 0 Å². The minimum Gasteiger partial charge on any atom is -0.480 e. The van der Waals surface area contributed by atoms with E-state index in [-0.39, 0.29) is 6.03 Å². The third-order valence-electron chi connectivity index (χ3n) is 4.06. The normalized spacial score (nSPS) is 21.8. The fraction of sp³-hybridized carbons (Fsp3) is 0.467. The Morgan fingerprint density at radius 3 is 2.48 bits per heavy atom. The molecule has 1 fully saturated rings. The van der Waals surface area contributed by atoms with Gasteiger partial charge in [-0.25, -0.2) is 9.59 Å². The number of hydrogen-bond acceptors (Lipinski definition) is 3. The Balaban J connectivity index is 1.85. The Bertz CT molecular complexity index is 554. The number of carboxylic acids is 1. The summed E-state index contributed by atoms with van der Waals surface area (Å²) in [5, 5.41) is 9.44. The topological polar surface area (TPSA) is 70.1 Å². The zero-order chi connectivity index (χ0) is 14.8. The Morgan fingerprint density at radius 1 is 1.14 bits per heavy atom. The van der Waals surface area contributed by atoms with Gasteiger partial charge in [0.25, 0.3) is 0 Å². The molecule has 0 bridgehead atoms. The van der Waals surface area contributed by atoms with Gasteiger partial charge in [0.05, 0.1) is 13.2 Å². The molecule has 1 saturated heterocycles. The third-order valence-corrected chi connectivity index (χ3v) is 4.06.